The molecule has 0 aromatic rings. The van der Waals surface area contributed by atoms with Gasteiger partial charge in [-0.1, -0.05) is 25.5 Å². The minimum atomic E-state index is -1.93. The van der Waals surface area contributed by atoms with Crippen molar-refractivity contribution in [2.24, 2.45) is 45.3 Å². The Labute approximate surface area is 229 Å². The van der Waals surface area contributed by atoms with Crippen LogP contribution < -0.4 is 0 Å². The highest BCUT2D eigenvalue weighted by molar-refractivity contribution is 5.68. The molecular weight excluding hydrogens is 492 g/mol. The van der Waals surface area contributed by atoms with Gasteiger partial charge in [0.05, 0.1) is 24.3 Å². The molecule has 0 aromatic carbocycles. The predicted molar refractivity (Wildman–Crippen MR) is 137 cm³/mol. The quantitative estimate of drug-likeness (QED) is 0.343. The second-order valence-corrected chi connectivity index (χ2v) is 12.7. The van der Waals surface area contributed by atoms with Crippen LogP contribution in [0.25, 0.3) is 0 Å². The van der Waals surface area contributed by atoms with Crippen molar-refractivity contribution in [2.45, 2.75) is 85.2 Å². The van der Waals surface area contributed by atoms with E-state index in [0.29, 0.717) is 18.1 Å². The molecule has 0 N–H and O–H groups in total. The number of carbonyl (C=O) groups excluding carboxylic acids is 2. The number of esters is 2. The van der Waals surface area contributed by atoms with E-state index in [1.807, 2.05) is 12.1 Å². The molecule has 0 bridgehead atoms. The Kier molecular flexibility index (Phi) is 6.20. The Morgan fingerprint density at radius 1 is 0.923 bits per heavy atom. The van der Waals surface area contributed by atoms with Crippen molar-refractivity contribution in [2.75, 3.05) is 0 Å². The van der Waals surface area contributed by atoms with Gasteiger partial charge in [0.1, 0.15) is 11.9 Å². The Bertz CT molecular complexity index is 1340. The smallest absolute Gasteiger partial charge is 0.307 e. The van der Waals surface area contributed by atoms with Gasteiger partial charge in [-0.15, -0.1) is 0 Å². The van der Waals surface area contributed by atoms with Crippen LogP contribution in [0, 0.1) is 90.7 Å². The zero-order valence-corrected chi connectivity index (χ0v) is 23.0. The summed E-state index contributed by atoms with van der Waals surface area (Å²) in [6, 6.07) is 8.31. The number of rotatable bonds is 2. The van der Waals surface area contributed by atoms with Crippen LogP contribution in [0.5, 0.6) is 0 Å². The van der Waals surface area contributed by atoms with Crippen molar-refractivity contribution in [3.8, 4) is 24.3 Å². The molecule has 8 nitrogen and oxygen atoms in total. The molecule has 0 saturated heterocycles. The molecule has 202 valence electrons. The van der Waals surface area contributed by atoms with Crippen LogP contribution in [0.3, 0.4) is 0 Å². The summed E-state index contributed by atoms with van der Waals surface area (Å²) in [4.78, 5) is 23.8. The molecule has 0 amide bonds. The lowest BCUT2D eigenvalue weighted by atomic mass is 9.47. The molecular formula is C31H34N4O4. The monoisotopic (exact) mass is 526 g/mol. The highest BCUT2D eigenvalue weighted by atomic mass is 16.5. The highest BCUT2D eigenvalue weighted by Crippen LogP contribution is 2.72. The molecule has 0 radical (unpaired) electrons. The van der Waals surface area contributed by atoms with Crippen LogP contribution in [-0.4, -0.2) is 18.0 Å². The molecule has 5 aliphatic carbocycles. The van der Waals surface area contributed by atoms with E-state index in [0.717, 1.165) is 44.1 Å². The Hall–Kier alpha value is -3.62. The SMILES string of the molecule is CC(=O)OC1=C2C(CC3C4CC=C5CC(OC(C)=O)CC[C@]5(C)C4CC[C@@]23C)C(C#N)(C#N)C(C#N)(C#N)C1. The van der Waals surface area contributed by atoms with Crippen LogP contribution in [-0.2, 0) is 19.1 Å². The topological polar surface area (TPSA) is 148 Å². The maximum absolute atomic E-state index is 12.2. The molecule has 0 aliphatic heterocycles. The molecule has 5 aliphatic rings. The molecule has 5 unspecified atom stereocenters. The zero-order valence-electron chi connectivity index (χ0n) is 23.0. The average molecular weight is 527 g/mol. The maximum Gasteiger partial charge on any atom is 0.307 e. The summed E-state index contributed by atoms with van der Waals surface area (Å²) < 4.78 is 11.3. The minimum Gasteiger partial charge on any atom is -0.462 e. The third kappa shape index (κ3) is 3.51. The van der Waals surface area contributed by atoms with E-state index < -0.39 is 28.1 Å². The summed E-state index contributed by atoms with van der Waals surface area (Å²) in [5.74, 6) is -0.361. The fourth-order valence-electron chi connectivity index (χ4n) is 9.42. The molecule has 3 saturated carbocycles. The van der Waals surface area contributed by atoms with Gasteiger partial charge in [-0.2, -0.15) is 21.0 Å². The summed E-state index contributed by atoms with van der Waals surface area (Å²) in [6.45, 7) is 7.25. The minimum absolute atomic E-state index is 0.0215. The summed E-state index contributed by atoms with van der Waals surface area (Å²) in [5, 5.41) is 41.2. The van der Waals surface area contributed by atoms with Gasteiger partial charge < -0.3 is 9.47 Å². The third-order valence-corrected chi connectivity index (χ3v) is 11.2. The molecule has 7 atom stereocenters. The number of hydrogen-bond donors (Lipinski definition) is 0. The number of nitriles is 4. The number of carbonyl (C=O) groups is 2. The number of allylic oxidation sites excluding steroid dienone is 3. The molecule has 0 spiro atoms. The van der Waals surface area contributed by atoms with E-state index in [9.17, 15) is 30.6 Å². The standard InChI is InChI=1S/C31H34N4O4/c1-18(36)38-21-7-9-28(3)20(11-21)5-6-22-23(28)8-10-29(4)24(22)12-25-27(29)26(39-19(2)37)13-30(14-32,15-33)31(25,16-34)17-35/h5,21-25H,6-13H2,1-4H3/t21?,22?,23?,24?,25?,28-,29+/m0/s1. The predicted octanol–water partition coefficient (Wildman–Crippen LogP) is 5.40. The van der Waals surface area contributed by atoms with E-state index in [4.69, 9.17) is 9.47 Å². The zero-order chi connectivity index (χ0) is 28.4. The fraction of sp³-hybridized carbons (Fsp3) is 0.677. The number of nitrogens with zero attached hydrogens (tertiary/aromatic N) is 4. The van der Waals surface area contributed by atoms with Gasteiger partial charge in [0.2, 0.25) is 0 Å². The summed E-state index contributed by atoms with van der Waals surface area (Å²) in [5.41, 5.74) is -2.07. The van der Waals surface area contributed by atoms with Crippen LogP contribution in [0.2, 0.25) is 0 Å². The molecule has 0 aromatic heterocycles. The van der Waals surface area contributed by atoms with Gasteiger partial charge in [0.25, 0.3) is 0 Å². The Morgan fingerprint density at radius 2 is 1.59 bits per heavy atom. The summed E-state index contributed by atoms with van der Waals surface area (Å²) in [7, 11) is 0. The third-order valence-electron chi connectivity index (χ3n) is 11.2. The molecule has 39 heavy (non-hydrogen) atoms. The fourth-order valence-corrected chi connectivity index (χ4v) is 9.42. The van der Waals surface area contributed by atoms with E-state index in [-0.39, 0.29) is 35.7 Å². The Balaban J connectivity index is 1.60. The molecule has 3 fully saturated rings. The van der Waals surface area contributed by atoms with Crippen molar-refractivity contribution in [3.05, 3.63) is 23.0 Å². The van der Waals surface area contributed by atoms with Gasteiger partial charge in [-0.25, -0.2) is 0 Å². The molecule has 5 rings (SSSR count). The first-order valence-electron chi connectivity index (χ1n) is 13.9. The van der Waals surface area contributed by atoms with E-state index in [1.165, 1.54) is 19.4 Å². The number of hydrogen-bond acceptors (Lipinski definition) is 8. The highest BCUT2D eigenvalue weighted by Gasteiger charge is 2.71. The van der Waals surface area contributed by atoms with Crippen molar-refractivity contribution in [3.63, 3.8) is 0 Å². The number of ether oxygens (including phenoxy) is 2. The van der Waals surface area contributed by atoms with Gasteiger partial charge in [0, 0.05) is 32.6 Å². The van der Waals surface area contributed by atoms with Gasteiger partial charge in [0.15, 0.2) is 10.8 Å². The van der Waals surface area contributed by atoms with E-state index in [2.05, 4.69) is 32.1 Å². The van der Waals surface area contributed by atoms with E-state index in [1.54, 1.807) is 0 Å². The van der Waals surface area contributed by atoms with Crippen LogP contribution in [0.15, 0.2) is 23.0 Å². The van der Waals surface area contributed by atoms with Crippen LogP contribution >= 0.6 is 0 Å². The van der Waals surface area contributed by atoms with E-state index >= 15 is 0 Å². The number of fused-ring (bicyclic) bond motifs is 7. The maximum atomic E-state index is 12.2. The lowest BCUT2D eigenvalue weighted by molar-refractivity contribution is -0.148. The van der Waals surface area contributed by atoms with Crippen LogP contribution in [0.4, 0.5) is 0 Å². The average Bonchev–Trinajstić information content (AvgIpc) is 3.22. The second-order valence-electron chi connectivity index (χ2n) is 12.7. The lowest BCUT2D eigenvalue weighted by Gasteiger charge is -2.57. The van der Waals surface area contributed by atoms with Gasteiger partial charge in [-0.05, 0) is 72.7 Å². The summed E-state index contributed by atoms with van der Waals surface area (Å²) >= 11 is 0. The van der Waals surface area contributed by atoms with Crippen molar-refractivity contribution in [1.82, 2.24) is 0 Å². The van der Waals surface area contributed by atoms with Crippen molar-refractivity contribution < 1.29 is 19.1 Å². The van der Waals surface area contributed by atoms with Crippen molar-refractivity contribution in [1.29, 1.82) is 21.0 Å². The normalized spacial score (nSPS) is 39.0. The first-order chi connectivity index (χ1) is 18.4. The van der Waals surface area contributed by atoms with Crippen LogP contribution in [0.1, 0.15) is 79.1 Å². The van der Waals surface area contributed by atoms with Gasteiger partial charge >= 0.3 is 11.9 Å². The Morgan fingerprint density at radius 3 is 2.18 bits per heavy atom. The first-order valence-corrected chi connectivity index (χ1v) is 13.9. The molecule has 8 heteroatoms. The van der Waals surface area contributed by atoms with Crippen molar-refractivity contribution >= 4 is 11.9 Å². The largest absolute Gasteiger partial charge is 0.462 e. The first kappa shape index (κ1) is 27.0. The molecule has 0 heterocycles. The summed E-state index contributed by atoms with van der Waals surface area (Å²) in [6.07, 6.45) is 7.59. The lowest BCUT2D eigenvalue weighted by Crippen LogP contribution is -2.50. The second kappa shape index (κ2) is 8.96. The van der Waals surface area contributed by atoms with Gasteiger partial charge in [-0.3, -0.25) is 9.59 Å².